The smallest absolute Gasteiger partial charge is 0.278 e. The van der Waals surface area contributed by atoms with Crippen LogP contribution in [0.1, 0.15) is 51.0 Å². The molecule has 2 aromatic carbocycles. The molecule has 158 valence electrons. The summed E-state index contributed by atoms with van der Waals surface area (Å²) in [6.07, 6.45) is 7.13. The maximum absolute atomic E-state index is 13.3. The standard InChI is InChI=1S/C25H31N3O2/c1-2-3-9-18-30-21-14-12-20(13-15-21)26-24-22-10-5-6-11-23(22)28(25(24)29)19-27-16-7-4-8-17-27/h5-6,10-15H,2-4,7-9,16-19H2,1H3. The molecule has 0 saturated carbocycles. The van der Waals surface area contributed by atoms with Crippen LogP contribution in [0.4, 0.5) is 11.4 Å². The average Bonchev–Trinajstić information content (AvgIpc) is 3.04. The van der Waals surface area contributed by atoms with Crippen molar-refractivity contribution in [3.8, 4) is 5.75 Å². The second-order valence-electron chi connectivity index (χ2n) is 8.08. The molecule has 2 heterocycles. The van der Waals surface area contributed by atoms with Crippen LogP contribution < -0.4 is 9.64 Å². The van der Waals surface area contributed by atoms with Gasteiger partial charge in [0.15, 0.2) is 0 Å². The number of benzene rings is 2. The third-order valence-corrected chi connectivity index (χ3v) is 5.78. The van der Waals surface area contributed by atoms with E-state index >= 15 is 0 Å². The van der Waals surface area contributed by atoms with E-state index < -0.39 is 0 Å². The van der Waals surface area contributed by atoms with Gasteiger partial charge in [-0.1, -0.05) is 44.4 Å². The summed E-state index contributed by atoms with van der Waals surface area (Å²) in [4.78, 5) is 22.2. The SMILES string of the molecule is CCCCCOc1ccc(N=C2C(=O)N(CN3CCCCC3)c3ccccc32)cc1. The summed E-state index contributed by atoms with van der Waals surface area (Å²) in [5.74, 6) is 0.835. The fraction of sp³-hybridized carbons (Fsp3) is 0.440. The number of amides is 1. The quantitative estimate of drug-likeness (QED) is 0.570. The monoisotopic (exact) mass is 405 g/mol. The van der Waals surface area contributed by atoms with Crippen LogP contribution in [0.5, 0.6) is 5.75 Å². The van der Waals surface area contributed by atoms with Gasteiger partial charge in [0.2, 0.25) is 0 Å². The number of carbonyl (C=O) groups excluding carboxylic acids is 1. The van der Waals surface area contributed by atoms with Crippen molar-refractivity contribution in [1.82, 2.24) is 4.90 Å². The maximum atomic E-state index is 13.3. The Hall–Kier alpha value is -2.66. The van der Waals surface area contributed by atoms with Crippen molar-refractivity contribution in [2.75, 3.05) is 31.3 Å². The maximum Gasteiger partial charge on any atom is 0.278 e. The second kappa shape index (κ2) is 9.90. The number of anilines is 1. The number of unbranched alkanes of at least 4 members (excludes halogenated alkanes) is 2. The third-order valence-electron chi connectivity index (χ3n) is 5.78. The molecular weight excluding hydrogens is 374 g/mol. The number of ether oxygens (including phenoxy) is 1. The van der Waals surface area contributed by atoms with Crippen molar-refractivity contribution in [3.63, 3.8) is 0 Å². The Bertz CT molecular complexity index is 886. The van der Waals surface area contributed by atoms with Crippen LogP contribution in [0.2, 0.25) is 0 Å². The van der Waals surface area contributed by atoms with Gasteiger partial charge in [-0.15, -0.1) is 0 Å². The van der Waals surface area contributed by atoms with Crippen LogP contribution >= 0.6 is 0 Å². The Morgan fingerprint density at radius 1 is 0.967 bits per heavy atom. The highest BCUT2D eigenvalue weighted by Gasteiger charge is 2.34. The largest absolute Gasteiger partial charge is 0.494 e. The molecule has 0 aromatic heterocycles. The van der Waals surface area contributed by atoms with Crippen molar-refractivity contribution in [3.05, 3.63) is 54.1 Å². The van der Waals surface area contributed by atoms with Gasteiger partial charge in [-0.25, -0.2) is 4.99 Å². The molecule has 0 aliphatic carbocycles. The number of hydrogen-bond donors (Lipinski definition) is 0. The lowest BCUT2D eigenvalue weighted by atomic mass is 10.1. The Kier molecular flexibility index (Phi) is 6.80. The van der Waals surface area contributed by atoms with E-state index in [9.17, 15) is 4.79 Å². The van der Waals surface area contributed by atoms with Crippen LogP contribution in [0.25, 0.3) is 0 Å². The summed E-state index contributed by atoms with van der Waals surface area (Å²) in [6.45, 7) is 5.67. The van der Waals surface area contributed by atoms with Gasteiger partial charge in [-0.3, -0.25) is 14.6 Å². The van der Waals surface area contributed by atoms with Crippen LogP contribution in [0.3, 0.4) is 0 Å². The Morgan fingerprint density at radius 3 is 2.50 bits per heavy atom. The van der Waals surface area contributed by atoms with E-state index in [0.717, 1.165) is 48.8 Å². The van der Waals surface area contributed by atoms with Gasteiger partial charge < -0.3 is 4.74 Å². The zero-order valence-corrected chi connectivity index (χ0v) is 17.8. The van der Waals surface area contributed by atoms with E-state index in [4.69, 9.17) is 9.73 Å². The normalized spacial score (nSPS) is 18.1. The minimum absolute atomic E-state index is 0.0123. The van der Waals surface area contributed by atoms with E-state index in [0.29, 0.717) is 12.4 Å². The van der Waals surface area contributed by atoms with E-state index in [1.54, 1.807) is 0 Å². The minimum Gasteiger partial charge on any atom is -0.494 e. The summed E-state index contributed by atoms with van der Waals surface area (Å²) in [7, 11) is 0. The predicted molar refractivity (Wildman–Crippen MR) is 122 cm³/mol. The number of likely N-dealkylation sites (tertiary alicyclic amines) is 1. The van der Waals surface area contributed by atoms with E-state index in [-0.39, 0.29) is 5.91 Å². The van der Waals surface area contributed by atoms with Crippen molar-refractivity contribution < 1.29 is 9.53 Å². The Balaban J connectivity index is 1.50. The second-order valence-corrected chi connectivity index (χ2v) is 8.08. The first-order valence-corrected chi connectivity index (χ1v) is 11.2. The van der Waals surface area contributed by atoms with Crippen LogP contribution in [-0.2, 0) is 4.79 Å². The summed E-state index contributed by atoms with van der Waals surface area (Å²) in [5.41, 5.74) is 3.18. The molecule has 1 amide bonds. The molecule has 2 aliphatic rings. The average molecular weight is 406 g/mol. The molecular formula is C25H31N3O2. The molecule has 5 heteroatoms. The number of hydrogen-bond acceptors (Lipinski definition) is 4. The molecule has 30 heavy (non-hydrogen) atoms. The van der Waals surface area contributed by atoms with Gasteiger partial charge >= 0.3 is 0 Å². The minimum atomic E-state index is -0.0123. The molecule has 2 aliphatic heterocycles. The highest BCUT2D eigenvalue weighted by Crippen LogP contribution is 2.31. The lowest BCUT2D eigenvalue weighted by Crippen LogP contribution is -2.43. The van der Waals surface area contributed by atoms with Gasteiger partial charge in [0.1, 0.15) is 11.5 Å². The third kappa shape index (κ3) is 4.73. The first-order valence-electron chi connectivity index (χ1n) is 11.2. The van der Waals surface area contributed by atoms with Gasteiger partial charge in [-0.2, -0.15) is 0 Å². The van der Waals surface area contributed by atoms with Crippen molar-refractivity contribution in [1.29, 1.82) is 0 Å². The zero-order valence-electron chi connectivity index (χ0n) is 17.8. The highest BCUT2D eigenvalue weighted by atomic mass is 16.5. The molecule has 0 bridgehead atoms. The number of para-hydroxylation sites is 1. The zero-order chi connectivity index (χ0) is 20.8. The molecule has 1 saturated heterocycles. The van der Waals surface area contributed by atoms with Crippen molar-refractivity contribution >= 4 is 23.0 Å². The van der Waals surface area contributed by atoms with E-state index in [2.05, 4.69) is 11.8 Å². The first-order chi connectivity index (χ1) is 14.8. The topological polar surface area (TPSA) is 45.1 Å². The lowest BCUT2D eigenvalue weighted by Gasteiger charge is -2.30. The molecule has 1 fully saturated rings. The number of fused-ring (bicyclic) bond motifs is 1. The van der Waals surface area contributed by atoms with Crippen LogP contribution in [0, 0.1) is 0 Å². The molecule has 0 spiro atoms. The highest BCUT2D eigenvalue weighted by molar-refractivity contribution is 6.54. The Labute approximate surface area is 179 Å². The van der Waals surface area contributed by atoms with Gasteiger partial charge in [-0.05, 0) is 62.7 Å². The summed E-state index contributed by atoms with van der Waals surface area (Å²) >= 11 is 0. The van der Waals surface area contributed by atoms with Gasteiger partial charge in [0, 0.05) is 5.56 Å². The van der Waals surface area contributed by atoms with Crippen molar-refractivity contribution in [2.45, 2.75) is 45.4 Å². The Morgan fingerprint density at radius 2 is 1.73 bits per heavy atom. The van der Waals surface area contributed by atoms with Crippen molar-refractivity contribution in [2.24, 2.45) is 4.99 Å². The molecule has 4 rings (SSSR count). The number of aliphatic imine (C=N–C) groups is 1. The number of carbonyl (C=O) groups is 1. The first kappa shape index (κ1) is 20.6. The summed E-state index contributed by atoms with van der Waals surface area (Å²) < 4.78 is 5.78. The molecule has 0 unspecified atom stereocenters. The fourth-order valence-electron chi connectivity index (χ4n) is 4.10. The van der Waals surface area contributed by atoms with E-state index in [1.165, 1.54) is 32.1 Å². The molecule has 2 aromatic rings. The number of piperidine rings is 1. The van der Waals surface area contributed by atoms with Gasteiger partial charge in [0.05, 0.1) is 24.7 Å². The lowest BCUT2D eigenvalue weighted by molar-refractivity contribution is -0.112. The van der Waals surface area contributed by atoms with E-state index in [1.807, 2.05) is 53.4 Å². The van der Waals surface area contributed by atoms with Crippen LogP contribution in [0.15, 0.2) is 53.5 Å². The summed E-state index contributed by atoms with van der Waals surface area (Å²) in [5, 5.41) is 0. The summed E-state index contributed by atoms with van der Waals surface area (Å²) in [6, 6.07) is 15.7. The molecule has 5 nitrogen and oxygen atoms in total. The fourth-order valence-corrected chi connectivity index (χ4v) is 4.10. The van der Waals surface area contributed by atoms with Gasteiger partial charge in [0.25, 0.3) is 5.91 Å². The predicted octanol–water partition coefficient (Wildman–Crippen LogP) is 5.17. The number of nitrogens with zero attached hydrogens (tertiary/aromatic N) is 3. The molecule has 0 atom stereocenters. The molecule has 0 N–H and O–H groups in total. The molecule has 0 radical (unpaired) electrons. The van der Waals surface area contributed by atoms with Crippen LogP contribution in [-0.4, -0.2) is 42.9 Å². The number of rotatable bonds is 8.